The Balaban J connectivity index is 2.01. The zero-order chi connectivity index (χ0) is 17.5. The van der Waals surface area contributed by atoms with E-state index in [9.17, 15) is 19.7 Å². The van der Waals surface area contributed by atoms with Crippen molar-refractivity contribution in [3.8, 4) is 11.5 Å². The number of rotatable bonds is 7. The van der Waals surface area contributed by atoms with Crippen molar-refractivity contribution < 1.29 is 24.0 Å². The highest BCUT2D eigenvalue weighted by molar-refractivity contribution is 5.93. The zero-order valence-electron chi connectivity index (χ0n) is 12.7. The first-order chi connectivity index (χ1) is 11.5. The normalized spacial score (nSPS) is 9.88. The van der Waals surface area contributed by atoms with Gasteiger partial charge in [-0.05, 0) is 18.2 Å². The third-order valence-electron chi connectivity index (χ3n) is 3.03. The van der Waals surface area contributed by atoms with Gasteiger partial charge in [0.25, 0.3) is 11.6 Å². The van der Waals surface area contributed by atoms with Crippen molar-refractivity contribution in [2.45, 2.75) is 0 Å². The smallest absolute Gasteiger partial charge is 0.273 e. The standard InChI is InChI=1S/C16H14N2O6/c1-23-15-8-12(18(21)22)5-6-14(15)17-16(20)10-24-13-4-2-3-11(7-13)9-19/h2-9H,10H2,1H3,(H,17,20). The Kier molecular flexibility index (Phi) is 5.45. The van der Waals surface area contributed by atoms with Crippen molar-refractivity contribution in [2.75, 3.05) is 19.0 Å². The molecule has 0 saturated heterocycles. The van der Waals surface area contributed by atoms with Gasteiger partial charge in [0.05, 0.1) is 23.8 Å². The fourth-order valence-corrected chi connectivity index (χ4v) is 1.91. The molecular formula is C16H14N2O6. The molecule has 1 amide bonds. The third-order valence-corrected chi connectivity index (χ3v) is 3.03. The average molecular weight is 330 g/mol. The molecule has 124 valence electrons. The maximum absolute atomic E-state index is 11.9. The molecule has 0 unspecified atom stereocenters. The topological polar surface area (TPSA) is 108 Å². The molecule has 2 rings (SSSR count). The number of carbonyl (C=O) groups is 2. The molecule has 1 N–H and O–H groups in total. The summed E-state index contributed by atoms with van der Waals surface area (Å²) in [6, 6.07) is 10.2. The van der Waals surface area contributed by atoms with Gasteiger partial charge in [-0.25, -0.2) is 0 Å². The van der Waals surface area contributed by atoms with Crippen LogP contribution in [0.3, 0.4) is 0 Å². The molecule has 0 aliphatic heterocycles. The molecule has 0 aliphatic carbocycles. The highest BCUT2D eigenvalue weighted by Gasteiger charge is 2.13. The molecule has 0 spiro atoms. The van der Waals surface area contributed by atoms with Crippen LogP contribution in [0.1, 0.15) is 10.4 Å². The molecule has 0 aliphatic rings. The average Bonchev–Trinajstić information content (AvgIpc) is 2.60. The molecule has 0 radical (unpaired) electrons. The van der Waals surface area contributed by atoms with Crippen LogP contribution in [0.5, 0.6) is 11.5 Å². The first kappa shape index (κ1) is 16.9. The van der Waals surface area contributed by atoms with Crippen molar-refractivity contribution in [1.82, 2.24) is 0 Å². The summed E-state index contributed by atoms with van der Waals surface area (Å²) in [7, 11) is 1.34. The second kappa shape index (κ2) is 7.73. The van der Waals surface area contributed by atoms with Crippen molar-refractivity contribution in [2.24, 2.45) is 0 Å². The van der Waals surface area contributed by atoms with Gasteiger partial charge in [-0.2, -0.15) is 0 Å². The predicted octanol–water partition coefficient (Wildman–Crippen LogP) is 2.43. The quantitative estimate of drug-likeness (QED) is 0.474. The van der Waals surface area contributed by atoms with Gasteiger partial charge in [0, 0.05) is 11.6 Å². The number of nitrogens with one attached hydrogen (secondary N) is 1. The van der Waals surface area contributed by atoms with E-state index in [0.29, 0.717) is 23.3 Å². The number of hydrogen-bond acceptors (Lipinski definition) is 6. The van der Waals surface area contributed by atoms with Crippen LogP contribution in [0, 0.1) is 10.1 Å². The van der Waals surface area contributed by atoms with Crippen LogP contribution in [0.4, 0.5) is 11.4 Å². The SMILES string of the molecule is COc1cc([N+](=O)[O-])ccc1NC(=O)COc1cccc(C=O)c1. The Labute approximate surface area is 137 Å². The summed E-state index contributed by atoms with van der Waals surface area (Å²) in [5, 5.41) is 13.3. The second-order valence-electron chi connectivity index (χ2n) is 4.67. The van der Waals surface area contributed by atoms with Gasteiger partial charge in [-0.1, -0.05) is 12.1 Å². The maximum atomic E-state index is 11.9. The highest BCUT2D eigenvalue weighted by Crippen LogP contribution is 2.28. The largest absolute Gasteiger partial charge is 0.494 e. The number of ether oxygens (including phenoxy) is 2. The molecule has 0 bridgehead atoms. The number of anilines is 1. The summed E-state index contributed by atoms with van der Waals surface area (Å²) >= 11 is 0. The molecule has 0 heterocycles. The molecule has 2 aromatic carbocycles. The van der Waals surface area contributed by atoms with Crippen LogP contribution in [-0.2, 0) is 4.79 Å². The van der Waals surface area contributed by atoms with Crippen LogP contribution in [0.25, 0.3) is 0 Å². The van der Waals surface area contributed by atoms with Gasteiger partial charge in [-0.15, -0.1) is 0 Å². The number of carbonyl (C=O) groups excluding carboxylic acids is 2. The summed E-state index contributed by atoms with van der Waals surface area (Å²) in [5.41, 5.74) is 0.579. The lowest BCUT2D eigenvalue weighted by Gasteiger charge is -2.11. The number of nitrogens with zero attached hydrogens (tertiary/aromatic N) is 1. The molecule has 0 atom stereocenters. The van der Waals surface area contributed by atoms with Gasteiger partial charge >= 0.3 is 0 Å². The number of aldehydes is 1. The lowest BCUT2D eigenvalue weighted by Crippen LogP contribution is -2.20. The monoisotopic (exact) mass is 330 g/mol. The lowest BCUT2D eigenvalue weighted by molar-refractivity contribution is -0.384. The summed E-state index contributed by atoms with van der Waals surface area (Å²) < 4.78 is 10.3. The minimum absolute atomic E-state index is 0.147. The van der Waals surface area contributed by atoms with E-state index in [1.165, 1.54) is 31.4 Å². The summed E-state index contributed by atoms with van der Waals surface area (Å²) in [5.74, 6) is 0.0737. The van der Waals surface area contributed by atoms with Crippen LogP contribution in [0.2, 0.25) is 0 Å². The van der Waals surface area contributed by atoms with Crippen molar-refractivity contribution in [3.63, 3.8) is 0 Å². The lowest BCUT2D eigenvalue weighted by atomic mass is 10.2. The van der Waals surface area contributed by atoms with E-state index in [4.69, 9.17) is 9.47 Å². The molecule has 0 aromatic heterocycles. The summed E-state index contributed by atoms with van der Waals surface area (Å²) in [4.78, 5) is 32.8. The van der Waals surface area contributed by atoms with Crippen LogP contribution in [-0.4, -0.2) is 30.8 Å². The van der Waals surface area contributed by atoms with Crippen molar-refractivity contribution in [3.05, 3.63) is 58.1 Å². The van der Waals surface area contributed by atoms with Gasteiger partial charge in [0.1, 0.15) is 17.8 Å². The number of nitro groups is 1. The van der Waals surface area contributed by atoms with E-state index in [1.54, 1.807) is 18.2 Å². The Bertz CT molecular complexity index is 775. The number of nitro benzene ring substituents is 1. The number of non-ortho nitro benzene ring substituents is 1. The Morgan fingerprint density at radius 1 is 1.29 bits per heavy atom. The van der Waals surface area contributed by atoms with E-state index in [1.807, 2.05) is 0 Å². The molecule has 0 saturated carbocycles. The van der Waals surface area contributed by atoms with Crippen LogP contribution < -0.4 is 14.8 Å². The molecule has 0 fully saturated rings. The second-order valence-corrected chi connectivity index (χ2v) is 4.67. The molecule has 8 heteroatoms. The first-order valence-corrected chi connectivity index (χ1v) is 6.84. The summed E-state index contributed by atoms with van der Waals surface area (Å²) in [6.07, 6.45) is 0.675. The Morgan fingerprint density at radius 3 is 2.75 bits per heavy atom. The number of methoxy groups -OCH3 is 1. The van der Waals surface area contributed by atoms with E-state index in [2.05, 4.69) is 5.32 Å². The minimum atomic E-state index is -0.558. The predicted molar refractivity (Wildman–Crippen MR) is 85.6 cm³/mol. The highest BCUT2D eigenvalue weighted by atomic mass is 16.6. The fourth-order valence-electron chi connectivity index (χ4n) is 1.91. The van der Waals surface area contributed by atoms with Gasteiger partial charge < -0.3 is 14.8 Å². The van der Waals surface area contributed by atoms with Crippen molar-refractivity contribution >= 4 is 23.6 Å². The van der Waals surface area contributed by atoms with Crippen molar-refractivity contribution in [1.29, 1.82) is 0 Å². The molecule has 2 aromatic rings. The number of hydrogen-bond donors (Lipinski definition) is 1. The third kappa shape index (κ3) is 4.29. The van der Waals surface area contributed by atoms with Gasteiger partial charge in [0.2, 0.25) is 0 Å². The molecule has 8 nitrogen and oxygen atoms in total. The Morgan fingerprint density at radius 2 is 2.08 bits per heavy atom. The fraction of sp³-hybridized carbons (Fsp3) is 0.125. The number of amides is 1. The van der Waals surface area contributed by atoms with Gasteiger partial charge in [0.15, 0.2) is 6.61 Å². The maximum Gasteiger partial charge on any atom is 0.273 e. The van der Waals surface area contributed by atoms with E-state index < -0.39 is 10.8 Å². The molecule has 24 heavy (non-hydrogen) atoms. The van der Waals surface area contributed by atoms with Crippen LogP contribution in [0.15, 0.2) is 42.5 Å². The van der Waals surface area contributed by atoms with E-state index in [-0.39, 0.29) is 18.0 Å². The molecular weight excluding hydrogens is 316 g/mol. The van der Waals surface area contributed by atoms with E-state index in [0.717, 1.165) is 0 Å². The Hall–Kier alpha value is -3.42. The summed E-state index contributed by atoms with van der Waals surface area (Å²) in [6.45, 7) is -0.289. The van der Waals surface area contributed by atoms with E-state index >= 15 is 0 Å². The van der Waals surface area contributed by atoms with Gasteiger partial charge in [-0.3, -0.25) is 19.7 Å². The van der Waals surface area contributed by atoms with Crippen LogP contribution >= 0.6 is 0 Å². The first-order valence-electron chi connectivity index (χ1n) is 6.84. The zero-order valence-corrected chi connectivity index (χ0v) is 12.7. The number of benzene rings is 2. The minimum Gasteiger partial charge on any atom is -0.494 e.